The van der Waals surface area contributed by atoms with Crippen molar-refractivity contribution in [2.24, 2.45) is 5.73 Å². The molecule has 2 N–H and O–H groups in total. The summed E-state index contributed by atoms with van der Waals surface area (Å²) in [5.41, 5.74) is 12.2. The summed E-state index contributed by atoms with van der Waals surface area (Å²) in [6.07, 6.45) is 2.47. The minimum atomic E-state index is -0.130. The fraction of sp³-hybridized carbons (Fsp3) is 0.350. The minimum Gasteiger partial charge on any atom is -0.320 e. The zero-order valence-electron chi connectivity index (χ0n) is 13.9. The van der Waals surface area contributed by atoms with Crippen LogP contribution in [0.15, 0.2) is 42.5 Å². The number of aryl methyl sites for hydroxylation is 2. The van der Waals surface area contributed by atoms with Crippen molar-refractivity contribution in [3.8, 4) is 0 Å². The van der Waals surface area contributed by atoms with E-state index in [-0.39, 0.29) is 11.9 Å². The average Bonchev–Trinajstić information content (AvgIpc) is 2.72. The van der Waals surface area contributed by atoms with Crippen LogP contribution in [0.5, 0.6) is 0 Å². The van der Waals surface area contributed by atoms with Crippen molar-refractivity contribution in [2.75, 3.05) is 11.4 Å². The lowest BCUT2D eigenvalue weighted by Gasteiger charge is -2.22. The number of anilines is 1. The van der Waals surface area contributed by atoms with Gasteiger partial charge < -0.3 is 10.6 Å². The summed E-state index contributed by atoms with van der Waals surface area (Å²) >= 11 is 0. The SMILES string of the molecule is CCN1C(=O)CCCc2cc(C(N)c3ccc(C)cc3)ccc21. The lowest BCUT2D eigenvalue weighted by atomic mass is 9.95. The molecular weight excluding hydrogens is 284 g/mol. The Morgan fingerprint density at radius 1 is 1.09 bits per heavy atom. The first-order valence-electron chi connectivity index (χ1n) is 8.35. The van der Waals surface area contributed by atoms with E-state index in [2.05, 4.69) is 49.4 Å². The Morgan fingerprint density at radius 2 is 1.78 bits per heavy atom. The lowest BCUT2D eigenvalue weighted by molar-refractivity contribution is -0.118. The number of fused-ring (bicyclic) bond motifs is 1. The topological polar surface area (TPSA) is 46.3 Å². The van der Waals surface area contributed by atoms with E-state index in [9.17, 15) is 4.79 Å². The third-order valence-electron chi connectivity index (χ3n) is 4.64. The van der Waals surface area contributed by atoms with Gasteiger partial charge in [-0.25, -0.2) is 0 Å². The number of amides is 1. The van der Waals surface area contributed by atoms with Gasteiger partial charge in [0.2, 0.25) is 5.91 Å². The van der Waals surface area contributed by atoms with E-state index in [1.807, 2.05) is 11.8 Å². The number of hydrogen-bond donors (Lipinski definition) is 1. The summed E-state index contributed by atoms with van der Waals surface area (Å²) in [6, 6.07) is 14.5. The maximum Gasteiger partial charge on any atom is 0.226 e. The molecular formula is C20H24N2O. The Bertz CT molecular complexity index is 706. The molecule has 23 heavy (non-hydrogen) atoms. The van der Waals surface area contributed by atoms with Crippen molar-refractivity contribution in [1.29, 1.82) is 0 Å². The van der Waals surface area contributed by atoms with Gasteiger partial charge in [-0.2, -0.15) is 0 Å². The minimum absolute atomic E-state index is 0.130. The quantitative estimate of drug-likeness (QED) is 0.939. The number of carbonyl (C=O) groups excluding carboxylic acids is 1. The highest BCUT2D eigenvalue weighted by Gasteiger charge is 2.21. The average molecular weight is 308 g/mol. The molecule has 120 valence electrons. The highest BCUT2D eigenvalue weighted by Crippen LogP contribution is 2.30. The second-order valence-corrected chi connectivity index (χ2v) is 6.27. The van der Waals surface area contributed by atoms with Crippen LogP contribution in [-0.2, 0) is 11.2 Å². The van der Waals surface area contributed by atoms with E-state index in [1.54, 1.807) is 0 Å². The van der Waals surface area contributed by atoms with Crippen LogP contribution in [0, 0.1) is 6.92 Å². The molecule has 3 rings (SSSR count). The van der Waals surface area contributed by atoms with Crippen molar-refractivity contribution in [3.63, 3.8) is 0 Å². The van der Waals surface area contributed by atoms with E-state index in [1.165, 1.54) is 11.1 Å². The van der Waals surface area contributed by atoms with Crippen LogP contribution in [0.2, 0.25) is 0 Å². The van der Waals surface area contributed by atoms with Crippen LogP contribution in [0.1, 0.15) is 48.1 Å². The maximum atomic E-state index is 12.2. The predicted octanol–water partition coefficient (Wildman–Crippen LogP) is 3.73. The molecule has 0 bridgehead atoms. The van der Waals surface area contributed by atoms with Gasteiger partial charge in [0.25, 0.3) is 0 Å². The van der Waals surface area contributed by atoms with E-state index in [0.717, 1.165) is 36.2 Å². The van der Waals surface area contributed by atoms with Gasteiger partial charge >= 0.3 is 0 Å². The molecule has 2 aromatic carbocycles. The molecule has 1 amide bonds. The molecule has 0 saturated carbocycles. The molecule has 1 unspecified atom stereocenters. The van der Waals surface area contributed by atoms with Crippen LogP contribution in [0.4, 0.5) is 5.69 Å². The van der Waals surface area contributed by atoms with Gasteiger partial charge in [0, 0.05) is 18.7 Å². The van der Waals surface area contributed by atoms with E-state index < -0.39 is 0 Å². The Morgan fingerprint density at radius 3 is 2.48 bits per heavy atom. The highest BCUT2D eigenvalue weighted by molar-refractivity contribution is 5.94. The number of carbonyl (C=O) groups is 1. The van der Waals surface area contributed by atoms with Gasteiger partial charge in [0.1, 0.15) is 0 Å². The third-order valence-corrected chi connectivity index (χ3v) is 4.64. The summed E-state index contributed by atoms with van der Waals surface area (Å²) in [5.74, 6) is 0.224. The number of nitrogens with zero attached hydrogens (tertiary/aromatic N) is 1. The van der Waals surface area contributed by atoms with Gasteiger partial charge in [-0.3, -0.25) is 4.79 Å². The number of hydrogen-bond acceptors (Lipinski definition) is 2. The second kappa shape index (κ2) is 6.55. The first-order chi connectivity index (χ1) is 11.1. The summed E-state index contributed by atoms with van der Waals surface area (Å²) in [5, 5.41) is 0. The number of benzene rings is 2. The van der Waals surface area contributed by atoms with Crippen molar-refractivity contribution in [1.82, 2.24) is 0 Å². The second-order valence-electron chi connectivity index (χ2n) is 6.27. The molecule has 0 aromatic heterocycles. The van der Waals surface area contributed by atoms with Crippen LogP contribution >= 0.6 is 0 Å². The first kappa shape index (κ1) is 15.8. The number of nitrogens with two attached hydrogens (primary N) is 1. The molecule has 1 atom stereocenters. The summed E-state index contributed by atoms with van der Waals surface area (Å²) < 4.78 is 0. The van der Waals surface area contributed by atoms with Crippen molar-refractivity contribution >= 4 is 11.6 Å². The Labute approximate surface area is 138 Å². The summed E-state index contributed by atoms with van der Waals surface area (Å²) in [7, 11) is 0. The predicted molar refractivity (Wildman–Crippen MR) is 94.6 cm³/mol. The molecule has 0 spiro atoms. The van der Waals surface area contributed by atoms with E-state index in [4.69, 9.17) is 5.73 Å². The fourth-order valence-corrected chi connectivity index (χ4v) is 3.27. The third kappa shape index (κ3) is 3.15. The molecule has 2 aromatic rings. The molecule has 0 fully saturated rings. The molecule has 3 nitrogen and oxygen atoms in total. The molecule has 3 heteroatoms. The van der Waals surface area contributed by atoms with Gasteiger partial charge in [0.05, 0.1) is 6.04 Å². The van der Waals surface area contributed by atoms with Crippen molar-refractivity contribution in [2.45, 2.75) is 39.2 Å². The molecule has 0 saturated heterocycles. The van der Waals surface area contributed by atoms with Crippen molar-refractivity contribution < 1.29 is 4.79 Å². The molecule has 1 heterocycles. The van der Waals surface area contributed by atoms with Gasteiger partial charge in [0.15, 0.2) is 0 Å². The molecule has 0 aliphatic carbocycles. The van der Waals surface area contributed by atoms with Crippen LogP contribution in [0.3, 0.4) is 0 Å². The van der Waals surface area contributed by atoms with E-state index in [0.29, 0.717) is 6.42 Å². The number of rotatable bonds is 3. The zero-order chi connectivity index (χ0) is 16.4. The largest absolute Gasteiger partial charge is 0.320 e. The highest BCUT2D eigenvalue weighted by atomic mass is 16.2. The fourth-order valence-electron chi connectivity index (χ4n) is 3.27. The lowest BCUT2D eigenvalue weighted by Crippen LogP contribution is -2.29. The standard InChI is InChI=1S/C20H24N2O/c1-3-22-18-12-11-17(13-16(18)5-4-6-19(22)23)20(21)15-9-7-14(2)8-10-15/h7-13,20H,3-6,21H2,1-2H3. The van der Waals surface area contributed by atoms with Crippen LogP contribution in [0.25, 0.3) is 0 Å². The van der Waals surface area contributed by atoms with Gasteiger partial charge in [-0.05, 0) is 49.4 Å². The van der Waals surface area contributed by atoms with Crippen molar-refractivity contribution in [3.05, 3.63) is 64.7 Å². The molecule has 1 aliphatic heterocycles. The summed E-state index contributed by atoms with van der Waals surface area (Å²) in [4.78, 5) is 14.1. The summed E-state index contributed by atoms with van der Waals surface area (Å²) in [6.45, 7) is 4.82. The normalized spacial score (nSPS) is 16.0. The van der Waals surface area contributed by atoms with Gasteiger partial charge in [-0.1, -0.05) is 42.0 Å². The first-order valence-corrected chi connectivity index (χ1v) is 8.35. The zero-order valence-corrected chi connectivity index (χ0v) is 13.9. The Balaban J connectivity index is 1.95. The van der Waals surface area contributed by atoms with Gasteiger partial charge in [-0.15, -0.1) is 0 Å². The van der Waals surface area contributed by atoms with E-state index >= 15 is 0 Å². The molecule has 1 aliphatic rings. The van der Waals surface area contributed by atoms with Crippen LogP contribution < -0.4 is 10.6 Å². The monoisotopic (exact) mass is 308 g/mol. The van der Waals surface area contributed by atoms with Crippen LogP contribution in [-0.4, -0.2) is 12.5 Å². The Kier molecular flexibility index (Phi) is 4.49. The Hall–Kier alpha value is -2.13. The smallest absolute Gasteiger partial charge is 0.226 e. The maximum absolute atomic E-state index is 12.2. The molecule has 0 radical (unpaired) electrons.